The van der Waals surface area contributed by atoms with E-state index in [4.69, 9.17) is 4.42 Å². The highest BCUT2D eigenvalue weighted by molar-refractivity contribution is 6.05. The summed E-state index contributed by atoms with van der Waals surface area (Å²) >= 11 is 0. The fourth-order valence-corrected chi connectivity index (χ4v) is 4.28. The molecule has 0 radical (unpaired) electrons. The van der Waals surface area contributed by atoms with Crippen molar-refractivity contribution in [2.24, 2.45) is 0 Å². The van der Waals surface area contributed by atoms with Crippen molar-refractivity contribution >= 4 is 17.5 Å². The van der Waals surface area contributed by atoms with Gasteiger partial charge in [-0.15, -0.1) is 0 Å². The fraction of sp³-hybridized carbons (Fsp3) is 0.308. The number of nitrogens with one attached hydrogen (secondary N) is 1. The maximum absolute atomic E-state index is 13.2. The SMILES string of the molecule is CN(C(=O)CN1CCC[C@H]1Cc1ccc(F)cc1)c1ccccc1C(=O)NCc1ccco1. The Bertz CT molecular complexity index is 1080. The van der Waals surface area contributed by atoms with Crippen LogP contribution in [0.15, 0.2) is 71.3 Å². The van der Waals surface area contributed by atoms with Gasteiger partial charge in [-0.25, -0.2) is 4.39 Å². The second kappa shape index (κ2) is 10.4. The highest BCUT2D eigenvalue weighted by Gasteiger charge is 2.28. The van der Waals surface area contributed by atoms with Crippen molar-refractivity contribution in [2.45, 2.75) is 31.8 Å². The fourth-order valence-electron chi connectivity index (χ4n) is 4.28. The van der Waals surface area contributed by atoms with Gasteiger partial charge < -0.3 is 14.6 Å². The normalized spacial score (nSPS) is 16.0. The van der Waals surface area contributed by atoms with E-state index in [0.717, 1.165) is 31.4 Å². The van der Waals surface area contributed by atoms with Crippen molar-refractivity contribution in [1.29, 1.82) is 0 Å². The first-order valence-electron chi connectivity index (χ1n) is 11.2. The third kappa shape index (κ3) is 5.68. The van der Waals surface area contributed by atoms with Gasteiger partial charge in [0.15, 0.2) is 0 Å². The number of rotatable bonds is 8. The lowest BCUT2D eigenvalue weighted by Crippen LogP contribution is -2.42. The van der Waals surface area contributed by atoms with Crippen LogP contribution in [0.4, 0.5) is 10.1 Å². The molecule has 0 aliphatic carbocycles. The number of carbonyl (C=O) groups is 2. The molecular weight excluding hydrogens is 421 g/mol. The minimum atomic E-state index is -0.267. The molecule has 1 fully saturated rings. The molecule has 1 N–H and O–H groups in total. The minimum Gasteiger partial charge on any atom is -0.467 e. The maximum Gasteiger partial charge on any atom is 0.253 e. The number of amides is 2. The number of furan rings is 1. The summed E-state index contributed by atoms with van der Waals surface area (Å²) in [5.41, 5.74) is 2.06. The van der Waals surface area contributed by atoms with Crippen LogP contribution < -0.4 is 10.2 Å². The Morgan fingerprint density at radius 3 is 2.67 bits per heavy atom. The molecule has 3 aromatic rings. The van der Waals surface area contributed by atoms with Crippen LogP contribution in [0.2, 0.25) is 0 Å². The Labute approximate surface area is 193 Å². The summed E-state index contributed by atoms with van der Waals surface area (Å²) in [6, 6.07) is 17.4. The lowest BCUT2D eigenvalue weighted by Gasteiger charge is -2.27. The number of para-hydroxylation sites is 1. The van der Waals surface area contributed by atoms with Gasteiger partial charge in [-0.3, -0.25) is 14.5 Å². The number of likely N-dealkylation sites (tertiary alicyclic amines) is 1. The summed E-state index contributed by atoms with van der Waals surface area (Å²) in [6.07, 6.45) is 4.36. The van der Waals surface area contributed by atoms with E-state index in [1.165, 1.54) is 12.1 Å². The molecule has 2 amide bonds. The Hall–Kier alpha value is -3.45. The lowest BCUT2D eigenvalue weighted by molar-refractivity contribution is -0.119. The largest absolute Gasteiger partial charge is 0.467 e. The molecule has 172 valence electrons. The highest BCUT2D eigenvalue weighted by Crippen LogP contribution is 2.24. The smallest absolute Gasteiger partial charge is 0.253 e. The lowest BCUT2D eigenvalue weighted by atomic mass is 10.0. The number of benzene rings is 2. The van der Waals surface area contributed by atoms with E-state index in [-0.39, 0.29) is 36.8 Å². The third-order valence-corrected chi connectivity index (χ3v) is 6.11. The molecule has 33 heavy (non-hydrogen) atoms. The Morgan fingerprint density at radius 1 is 1.12 bits per heavy atom. The number of hydrogen-bond donors (Lipinski definition) is 1. The summed E-state index contributed by atoms with van der Waals surface area (Å²) in [6.45, 7) is 1.39. The zero-order valence-electron chi connectivity index (χ0n) is 18.7. The van der Waals surface area contributed by atoms with E-state index >= 15 is 0 Å². The molecule has 1 atom stereocenters. The van der Waals surface area contributed by atoms with Crippen LogP contribution in [-0.4, -0.2) is 42.9 Å². The first-order valence-corrected chi connectivity index (χ1v) is 11.2. The van der Waals surface area contributed by atoms with Crippen LogP contribution in [0, 0.1) is 5.82 Å². The number of carbonyl (C=O) groups excluding carboxylic acids is 2. The molecule has 1 aliphatic rings. The highest BCUT2D eigenvalue weighted by atomic mass is 19.1. The van der Waals surface area contributed by atoms with E-state index in [2.05, 4.69) is 10.2 Å². The van der Waals surface area contributed by atoms with Gasteiger partial charge in [-0.1, -0.05) is 24.3 Å². The molecule has 0 saturated carbocycles. The zero-order chi connectivity index (χ0) is 23.2. The van der Waals surface area contributed by atoms with E-state index in [9.17, 15) is 14.0 Å². The summed E-state index contributed by atoms with van der Waals surface area (Å²) in [5, 5.41) is 2.84. The van der Waals surface area contributed by atoms with Gasteiger partial charge in [0, 0.05) is 13.1 Å². The zero-order valence-corrected chi connectivity index (χ0v) is 18.7. The predicted octanol–water partition coefficient (Wildman–Crippen LogP) is 4.02. The molecule has 2 aromatic carbocycles. The molecule has 0 spiro atoms. The summed E-state index contributed by atoms with van der Waals surface area (Å²) < 4.78 is 18.5. The van der Waals surface area contributed by atoms with Gasteiger partial charge >= 0.3 is 0 Å². The van der Waals surface area contributed by atoms with Crippen molar-refractivity contribution in [3.8, 4) is 0 Å². The number of nitrogens with zero attached hydrogens (tertiary/aromatic N) is 2. The second-order valence-electron chi connectivity index (χ2n) is 8.33. The van der Waals surface area contributed by atoms with Crippen LogP contribution in [0.1, 0.15) is 34.5 Å². The van der Waals surface area contributed by atoms with Gasteiger partial charge in [0.25, 0.3) is 5.91 Å². The van der Waals surface area contributed by atoms with E-state index in [1.807, 2.05) is 6.07 Å². The van der Waals surface area contributed by atoms with Crippen LogP contribution in [0.5, 0.6) is 0 Å². The minimum absolute atomic E-state index is 0.0766. The first kappa shape index (κ1) is 22.7. The van der Waals surface area contributed by atoms with Crippen molar-refractivity contribution < 1.29 is 18.4 Å². The molecule has 7 heteroatoms. The van der Waals surface area contributed by atoms with E-state index < -0.39 is 0 Å². The van der Waals surface area contributed by atoms with E-state index in [0.29, 0.717) is 17.0 Å². The van der Waals surface area contributed by atoms with Crippen molar-refractivity contribution in [3.63, 3.8) is 0 Å². The van der Waals surface area contributed by atoms with Crippen molar-refractivity contribution in [1.82, 2.24) is 10.2 Å². The average molecular weight is 450 g/mol. The van der Waals surface area contributed by atoms with Gasteiger partial charge in [0.2, 0.25) is 5.91 Å². The molecule has 0 unspecified atom stereocenters. The summed E-state index contributed by atoms with van der Waals surface area (Å²) in [4.78, 5) is 29.7. The molecule has 1 aliphatic heterocycles. The Morgan fingerprint density at radius 2 is 1.91 bits per heavy atom. The number of hydrogen-bond acceptors (Lipinski definition) is 4. The van der Waals surface area contributed by atoms with Gasteiger partial charge in [0.05, 0.1) is 30.6 Å². The quantitative estimate of drug-likeness (QED) is 0.564. The van der Waals surface area contributed by atoms with Gasteiger partial charge in [-0.2, -0.15) is 0 Å². The van der Waals surface area contributed by atoms with Crippen molar-refractivity contribution in [3.05, 3.63) is 89.6 Å². The summed E-state index contributed by atoms with van der Waals surface area (Å²) in [7, 11) is 1.70. The second-order valence-corrected chi connectivity index (χ2v) is 8.33. The van der Waals surface area contributed by atoms with Crippen LogP contribution in [-0.2, 0) is 17.8 Å². The number of halogens is 1. The molecule has 6 nitrogen and oxygen atoms in total. The van der Waals surface area contributed by atoms with Crippen LogP contribution in [0.25, 0.3) is 0 Å². The topological polar surface area (TPSA) is 65.8 Å². The van der Waals surface area contributed by atoms with Crippen LogP contribution >= 0.6 is 0 Å². The molecule has 4 rings (SSSR count). The summed E-state index contributed by atoms with van der Waals surface area (Å²) in [5.74, 6) is 0.0708. The van der Waals surface area contributed by atoms with E-state index in [1.54, 1.807) is 60.7 Å². The van der Waals surface area contributed by atoms with Gasteiger partial charge in [-0.05, 0) is 67.8 Å². The predicted molar refractivity (Wildman–Crippen MR) is 124 cm³/mol. The monoisotopic (exact) mass is 449 g/mol. The molecule has 1 saturated heterocycles. The first-order chi connectivity index (χ1) is 16.0. The molecule has 2 heterocycles. The average Bonchev–Trinajstić information content (AvgIpc) is 3.51. The maximum atomic E-state index is 13.2. The standard InChI is InChI=1S/C26H28FN3O3/c1-29(24-9-3-2-8-23(24)26(32)28-17-22-7-5-15-33-22)25(31)18-30-14-4-6-21(30)16-19-10-12-20(27)13-11-19/h2-3,5,7-13,15,21H,4,6,14,16-18H2,1H3,(H,28,32)/t21-/m0/s1. The number of likely N-dealkylation sites (N-methyl/N-ethyl adjacent to an activating group) is 1. The number of anilines is 1. The molecule has 1 aromatic heterocycles. The van der Waals surface area contributed by atoms with Crippen LogP contribution in [0.3, 0.4) is 0 Å². The van der Waals surface area contributed by atoms with Gasteiger partial charge in [0.1, 0.15) is 11.6 Å². The Balaban J connectivity index is 1.40. The molecule has 0 bridgehead atoms. The van der Waals surface area contributed by atoms with Crippen molar-refractivity contribution in [2.75, 3.05) is 25.0 Å². The third-order valence-electron chi connectivity index (χ3n) is 6.11. The Kier molecular flexibility index (Phi) is 7.19. The molecular formula is C26H28FN3O3.